The average molecular weight is 447 g/mol. The van der Waals surface area contributed by atoms with E-state index in [0.717, 1.165) is 57.4 Å². The Kier molecular flexibility index (Phi) is 8.79. The highest BCUT2D eigenvalue weighted by Gasteiger charge is 2.28. The van der Waals surface area contributed by atoms with Gasteiger partial charge in [0.05, 0.1) is 6.10 Å². The van der Waals surface area contributed by atoms with Crippen LogP contribution in [0, 0.1) is 5.92 Å². The molecule has 0 atom stereocenters. The van der Waals surface area contributed by atoms with Crippen molar-refractivity contribution >= 4 is 12.2 Å². The summed E-state index contributed by atoms with van der Waals surface area (Å²) in [6, 6.07) is 9.74. The third kappa shape index (κ3) is 8.01. The normalized spacial score (nSPS) is 18.5. The van der Waals surface area contributed by atoms with Gasteiger partial charge in [-0.2, -0.15) is 0 Å². The molecule has 0 spiro atoms. The number of carbonyl (C=O) groups excluding carboxylic acids is 2. The van der Waals surface area contributed by atoms with Crippen molar-refractivity contribution in [3.05, 3.63) is 35.9 Å². The Balaban J connectivity index is 1.26. The van der Waals surface area contributed by atoms with Crippen molar-refractivity contribution in [3.63, 3.8) is 0 Å². The molecule has 32 heavy (non-hydrogen) atoms. The number of benzene rings is 1. The molecule has 1 aromatic carbocycles. The van der Waals surface area contributed by atoms with Gasteiger partial charge in [0, 0.05) is 32.8 Å². The SMILES string of the molecule is CC(C)(C)OC(=O)N1CCC(CCOC2CCN(C(=O)OCc3ccccc3)CC2)CC1. The van der Waals surface area contributed by atoms with Gasteiger partial charge < -0.3 is 24.0 Å². The Morgan fingerprint density at radius 2 is 1.50 bits per heavy atom. The maximum absolute atomic E-state index is 12.3. The lowest BCUT2D eigenvalue weighted by Gasteiger charge is -2.34. The monoisotopic (exact) mass is 446 g/mol. The summed E-state index contributed by atoms with van der Waals surface area (Å²) < 4.78 is 17.0. The molecule has 2 heterocycles. The van der Waals surface area contributed by atoms with E-state index in [1.54, 1.807) is 4.90 Å². The van der Waals surface area contributed by atoms with Crippen molar-refractivity contribution < 1.29 is 23.8 Å². The van der Waals surface area contributed by atoms with E-state index >= 15 is 0 Å². The Hall–Kier alpha value is -2.28. The van der Waals surface area contributed by atoms with E-state index in [1.807, 2.05) is 56.0 Å². The van der Waals surface area contributed by atoms with Crippen molar-refractivity contribution in [1.82, 2.24) is 9.80 Å². The summed E-state index contributed by atoms with van der Waals surface area (Å²) in [4.78, 5) is 28.0. The first-order valence-electron chi connectivity index (χ1n) is 11.9. The first-order valence-corrected chi connectivity index (χ1v) is 11.9. The van der Waals surface area contributed by atoms with Crippen LogP contribution in [0.2, 0.25) is 0 Å². The Labute approximate surface area is 192 Å². The molecule has 1 aromatic rings. The van der Waals surface area contributed by atoms with Gasteiger partial charge in [-0.3, -0.25) is 0 Å². The second-order valence-corrected chi connectivity index (χ2v) is 9.80. The number of piperidine rings is 2. The number of nitrogens with zero attached hydrogens (tertiary/aromatic N) is 2. The minimum absolute atomic E-state index is 0.204. The maximum Gasteiger partial charge on any atom is 0.410 e. The number of amides is 2. The highest BCUT2D eigenvalue weighted by Crippen LogP contribution is 2.23. The van der Waals surface area contributed by atoms with E-state index in [4.69, 9.17) is 14.2 Å². The molecule has 7 nitrogen and oxygen atoms in total. The summed E-state index contributed by atoms with van der Waals surface area (Å²) in [6.45, 7) is 9.59. The fourth-order valence-corrected chi connectivity index (χ4v) is 4.15. The van der Waals surface area contributed by atoms with Gasteiger partial charge in [0.1, 0.15) is 12.2 Å². The lowest BCUT2D eigenvalue weighted by Crippen LogP contribution is -2.42. The lowest BCUT2D eigenvalue weighted by molar-refractivity contribution is -0.00491. The summed E-state index contributed by atoms with van der Waals surface area (Å²) in [7, 11) is 0. The van der Waals surface area contributed by atoms with Gasteiger partial charge >= 0.3 is 12.2 Å². The van der Waals surface area contributed by atoms with Gasteiger partial charge in [-0.15, -0.1) is 0 Å². The minimum Gasteiger partial charge on any atom is -0.445 e. The summed E-state index contributed by atoms with van der Waals surface area (Å²) in [6.07, 6.45) is 4.44. The van der Waals surface area contributed by atoms with E-state index in [-0.39, 0.29) is 18.3 Å². The van der Waals surface area contributed by atoms with Gasteiger partial charge in [-0.05, 0) is 64.4 Å². The quantitative estimate of drug-likeness (QED) is 0.625. The largest absolute Gasteiger partial charge is 0.445 e. The van der Waals surface area contributed by atoms with Crippen molar-refractivity contribution in [2.45, 2.75) is 71.2 Å². The third-order valence-electron chi connectivity index (χ3n) is 6.05. The zero-order valence-electron chi connectivity index (χ0n) is 19.8. The van der Waals surface area contributed by atoms with Crippen LogP contribution in [-0.4, -0.2) is 66.5 Å². The highest BCUT2D eigenvalue weighted by atomic mass is 16.6. The number of ether oxygens (including phenoxy) is 3. The Bertz CT molecular complexity index is 718. The van der Waals surface area contributed by atoms with Crippen LogP contribution >= 0.6 is 0 Å². The van der Waals surface area contributed by atoms with Crippen LogP contribution in [0.15, 0.2) is 30.3 Å². The molecule has 3 rings (SSSR count). The summed E-state index contributed by atoms with van der Waals surface area (Å²) >= 11 is 0. The predicted molar refractivity (Wildman–Crippen MR) is 122 cm³/mol. The first-order chi connectivity index (χ1) is 15.3. The smallest absolute Gasteiger partial charge is 0.410 e. The summed E-state index contributed by atoms with van der Waals surface area (Å²) in [5, 5.41) is 0. The van der Waals surface area contributed by atoms with Crippen LogP contribution < -0.4 is 0 Å². The molecular formula is C25H38N2O5. The van der Waals surface area contributed by atoms with Gasteiger partial charge in [0.25, 0.3) is 0 Å². The zero-order chi connectivity index (χ0) is 23.0. The molecule has 2 amide bonds. The van der Waals surface area contributed by atoms with E-state index in [9.17, 15) is 9.59 Å². The highest BCUT2D eigenvalue weighted by molar-refractivity contribution is 5.68. The van der Waals surface area contributed by atoms with Gasteiger partial charge in [0.2, 0.25) is 0 Å². The summed E-state index contributed by atoms with van der Waals surface area (Å²) in [5.41, 5.74) is 0.548. The molecule has 0 saturated carbocycles. The maximum atomic E-state index is 12.3. The van der Waals surface area contributed by atoms with Crippen LogP contribution in [0.3, 0.4) is 0 Å². The topological polar surface area (TPSA) is 68.3 Å². The Morgan fingerprint density at radius 3 is 2.12 bits per heavy atom. The molecule has 2 aliphatic rings. The average Bonchev–Trinajstić information content (AvgIpc) is 2.78. The lowest BCUT2D eigenvalue weighted by atomic mass is 9.94. The second-order valence-electron chi connectivity index (χ2n) is 9.80. The minimum atomic E-state index is -0.448. The van der Waals surface area contributed by atoms with E-state index in [0.29, 0.717) is 25.6 Å². The van der Waals surface area contributed by atoms with Crippen LogP contribution in [0.25, 0.3) is 0 Å². The molecule has 0 radical (unpaired) electrons. The molecule has 2 saturated heterocycles. The fourth-order valence-electron chi connectivity index (χ4n) is 4.15. The number of likely N-dealkylation sites (tertiary alicyclic amines) is 2. The molecule has 178 valence electrons. The van der Waals surface area contributed by atoms with Gasteiger partial charge in [-0.1, -0.05) is 30.3 Å². The zero-order valence-corrected chi connectivity index (χ0v) is 19.8. The summed E-state index contributed by atoms with van der Waals surface area (Å²) in [5.74, 6) is 0.585. The molecule has 2 fully saturated rings. The van der Waals surface area contributed by atoms with Crippen LogP contribution in [0.4, 0.5) is 9.59 Å². The van der Waals surface area contributed by atoms with Crippen LogP contribution in [-0.2, 0) is 20.8 Å². The Morgan fingerprint density at radius 1 is 0.906 bits per heavy atom. The second kappa shape index (κ2) is 11.5. The standard InChI is InChI=1S/C25H38N2O5/c1-25(2,3)32-24(29)27-14-9-20(10-15-27)13-18-30-22-11-16-26(17-12-22)23(28)31-19-21-7-5-4-6-8-21/h4-8,20,22H,9-19H2,1-3H3. The number of carbonyl (C=O) groups is 2. The van der Waals surface area contributed by atoms with Crippen LogP contribution in [0.5, 0.6) is 0 Å². The molecule has 2 aliphatic heterocycles. The van der Waals surface area contributed by atoms with Crippen molar-refractivity contribution in [2.75, 3.05) is 32.8 Å². The molecular weight excluding hydrogens is 408 g/mol. The van der Waals surface area contributed by atoms with Crippen molar-refractivity contribution in [2.24, 2.45) is 5.92 Å². The molecule has 0 unspecified atom stereocenters. The first kappa shape index (κ1) is 24.4. The van der Waals surface area contributed by atoms with Crippen LogP contribution in [0.1, 0.15) is 58.4 Å². The molecule has 0 bridgehead atoms. The molecule has 7 heteroatoms. The fraction of sp³-hybridized carbons (Fsp3) is 0.680. The van der Waals surface area contributed by atoms with E-state index in [1.165, 1.54) is 0 Å². The number of hydrogen-bond acceptors (Lipinski definition) is 5. The van der Waals surface area contributed by atoms with Crippen molar-refractivity contribution in [1.29, 1.82) is 0 Å². The molecule has 0 N–H and O–H groups in total. The van der Waals surface area contributed by atoms with Gasteiger partial charge in [0.15, 0.2) is 0 Å². The van der Waals surface area contributed by atoms with E-state index < -0.39 is 5.60 Å². The van der Waals surface area contributed by atoms with Gasteiger partial charge in [-0.25, -0.2) is 9.59 Å². The molecule has 0 aliphatic carbocycles. The number of rotatable bonds is 6. The number of hydrogen-bond donors (Lipinski definition) is 0. The third-order valence-corrected chi connectivity index (χ3v) is 6.05. The predicted octanol–water partition coefficient (Wildman–Crippen LogP) is 4.84. The molecule has 0 aromatic heterocycles. The van der Waals surface area contributed by atoms with Crippen molar-refractivity contribution in [3.8, 4) is 0 Å². The van der Waals surface area contributed by atoms with E-state index in [2.05, 4.69) is 0 Å².